The lowest BCUT2D eigenvalue weighted by Crippen LogP contribution is -2.02. The number of rotatable bonds is 2. The molecule has 0 aliphatic heterocycles. The Morgan fingerprint density at radius 2 is 2.00 bits per heavy atom. The van der Waals surface area contributed by atoms with Gasteiger partial charge in [-0.1, -0.05) is 17.7 Å². The van der Waals surface area contributed by atoms with E-state index in [1.165, 1.54) is 13.0 Å². The first-order valence-corrected chi connectivity index (χ1v) is 5.11. The zero-order chi connectivity index (χ0) is 12.5. The number of alkyl halides is 3. The summed E-state index contributed by atoms with van der Waals surface area (Å²) in [4.78, 5) is 9.20. The van der Waals surface area contributed by atoms with E-state index in [-0.39, 0.29) is 5.02 Å². The van der Waals surface area contributed by atoms with Crippen molar-refractivity contribution in [3.63, 3.8) is 0 Å². The lowest BCUT2D eigenvalue weighted by Gasteiger charge is -2.08. The molecule has 0 aromatic heterocycles. The third-order valence-corrected chi connectivity index (χ3v) is 2.94. The van der Waals surface area contributed by atoms with Crippen LogP contribution in [0.5, 0.6) is 0 Å². The van der Waals surface area contributed by atoms with Crippen LogP contribution in [0.3, 0.4) is 0 Å². The molecular weight excluding hydrogens is 267 g/mol. The van der Waals surface area contributed by atoms with Gasteiger partial charge in [-0.2, -0.15) is 13.2 Å². The van der Waals surface area contributed by atoms with Crippen LogP contribution < -0.4 is 0 Å². The van der Waals surface area contributed by atoms with Gasteiger partial charge in [0.25, 0.3) is 0 Å². The number of aryl methyl sites for hydroxylation is 1. The summed E-state index contributed by atoms with van der Waals surface area (Å²) in [5.74, 6) is 0. The second-order valence-corrected chi connectivity index (χ2v) is 4.33. The van der Waals surface area contributed by atoms with E-state index in [2.05, 4.69) is 0 Å². The van der Waals surface area contributed by atoms with Crippen LogP contribution in [0.25, 0.3) is 0 Å². The molecule has 0 aliphatic rings. The molecule has 1 aromatic carbocycles. The molecule has 0 amide bonds. The van der Waals surface area contributed by atoms with Gasteiger partial charge in [0.1, 0.15) is 5.02 Å². The van der Waals surface area contributed by atoms with E-state index in [1.807, 2.05) is 0 Å². The molecule has 0 spiro atoms. The Morgan fingerprint density at radius 3 is 2.44 bits per heavy atom. The van der Waals surface area contributed by atoms with Gasteiger partial charge in [0.15, 0.2) is 0 Å². The van der Waals surface area contributed by atoms with Crippen LogP contribution >= 0.6 is 23.4 Å². The topological polar surface area (TPSA) is 43.1 Å². The number of nitro benzene ring substituents is 1. The van der Waals surface area contributed by atoms with Gasteiger partial charge in [0.05, 0.1) is 9.82 Å². The Labute approximate surface area is 97.7 Å². The molecule has 16 heavy (non-hydrogen) atoms. The van der Waals surface area contributed by atoms with Gasteiger partial charge in [0.2, 0.25) is 0 Å². The van der Waals surface area contributed by atoms with Crippen molar-refractivity contribution in [2.75, 3.05) is 0 Å². The van der Waals surface area contributed by atoms with Crippen molar-refractivity contribution in [3.8, 4) is 0 Å². The van der Waals surface area contributed by atoms with Crippen molar-refractivity contribution in [1.82, 2.24) is 0 Å². The summed E-state index contributed by atoms with van der Waals surface area (Å²) in [5.41, 5.74) is -4.92. The largest absolute Gasteiger partial charge is 0.446 e. The number of halogens is 4. The molecule has 0 saturated carbocycles. The molecule has 0 bridgehead atoms. The summed E-state index contributed by atoms with van der Waals surface area (Å²) in [7, 11) is 0. The third kappa shape index (κ3) is 3.02. The molecule has 1 rings (SSSR count). The quantitative estimate of drug-likeness (QED) is 0.461. The lowest BCUT2D eigenvalue weighted by molar-refractivity contribution is -0.387. The number of hydrogen-bond donors (Lipinski definition) is 0. The molecule has 0 atom stereocenters. The molecule has 88 valence electrons. The Balaban J connectivity index is 3.29. The van der Waals surface area contributed by atoms with Crippen LogP contribution in [0.4, 0.5) is 18.9 Å². The second-order valence-electron chi connectivity index (χ2n) is 2.85. The third-order valence-electron chi connectivity index (χ3n) is 1.68. The highest BCUT2D eigenvalue weighted by molar-refractivity contribution is 8.00. The fourth-order valence-corrected chi connectivity index (χ4v) is 1.97. The number of thioether (sulfide) groups is 1. The smallest absolute Gasteiger partial charge is 0.258 e. The maximum absolute atomic E-state index is 12.1. The highest BCUT2D eigenvalue weighted by Crippen LogP contribution is 2.44. The fraction of sp³-hybridized carbons (Fsp3) is 0.250. The van der Waals surface area contributed by atoms with Gasteiger partial charge >= 0.3 is 11.2 Å². The monoisotopic (exact) mass is 271 g/mol. The predicted octanol–water partition coefficient (Wildman–Crippen LogP) is 4.17. The van der Waals surface area contributed by atoms with Crippen molar-refractivity contribution in [1.29, 1.82) is 0 Å². The second kappa shape index (κ2) is 4.50. The average molecular weight is 272 g/mol. The summed E-state index contributed by atoms with van der Waals surface area (Å²) in [6.45, 7) is 1.48. The van der Waals surface area contributed by atoms with E-state index in [1.54, 1.807) is 0 Å². The minimum atomic E-state index is -4.58. The minimum absolute atomic E-state index is 0.265. The van der Waals surface area contributed by atoms with Gasteiger partial charge < -0.3 is 0 Å². The molecule has 0 unspecified atom stereocenters. The predicted molar refractivity (Wildman–Crippen MR) is 54.8 cm³/mol. The van der Waals surface area contributed by atoms with E-state index in [9.17, 15) is 23.3 Å². The standard InChI is InChI=1S/C8H5ClF3NO2S/c1-4-2-3-5(16-8(10,11)12)7(6(4)9)13(14)15/h2-3H,1H3. The van der Waals surface area contributed by atoms with Crippen LogP contribution in [-0.4, -0.2) is 10.4 Å². The van der Waals surface area contributed by atoms with Gasteiger partial charge in [-0.05, 0) is 30.3 Å². The Hall–Kier alpha value is -0.950. The van der Waals surface area contributed by atoms with Crippen LogP contribution in [0.1, 0.15) is 5.56 Å². The normalized spacial score (nSPS) is 11.6. The number of nitrogens with zero attached hydrogens (tertiary/aromatic N) is 1. The summed E-state index contributed by atoms with van der Waals surface area (Å²) >= 11 is 5.05. The summed E-state index contributed by atoms with van der Waals surface area (Å²) in [6, 6.07) is 2.35. The van der Waals surface area contributed by atoms with Crippen LogP contribution in [0.2, 0.25) is 5.02 Å². The zero-order valence-corrected chi connectivity index (χ0v) is 9.41. The summed E-state index contributed by atoms with van der Waals surface area (Å²) in [6.07, 6.45) is 0. The Kier molecular flexibility index (Phi) is 3.69. The minimum Gasteiger partial charge on any atom is -0.258 e. The van der Waals surface area contributed by atoms with Gasteiger partial charge in [-0.3, -0.25) is 10.1 Å². The van der Waals surface area contributed by atoms with Crippen LogP contribution in [-0.2, 0) is 0 Å². The average Bonchev–Trinajstić information content (AvgIpc) is 2.08. The van der Waals surface area contributed by atoms with Gasteiger partial charge in [0, 0.05) is 0 Å². The van der Waals surface area contributed by atoms with Crippen molar-refractivity contribution >= 4 is 29.1 Å². The Bertz CT molecular complexity index is 436. The van der Waals surface area contributed by atoms with E-state index < -0.39 is 32.8 Å². The first kappa shape index (κ1) is 13.1. The van der Waals surface area contributed by atoms with Crippen molar-refractivity contribution < 1.29 is 18.1 Å². The maximum atomic E-state index is 12.1. The maximum Gasteiger partial charge on any atom is 0.446 e. The van der Waals surface area contributed by atoms with Crippen molar-refractivity contribution in [2.24, 2.45) is 0 Å². The van der Waals surface area contributed by atoms with Crippen LogP contribution in [0.15, 0.2) is 17.0 Å². The first-order valence-electron chi connectivity index (χ1n) is 3.91. The number of benzene rings is 1. The van der Waals surface area contributed by atoms with E-state index in [0.717, 1.165) is 6.07 Å². The fourth-order valence-electron chi connectivity index (χ4n) is 1.02. The zero-order valence-electron chi connectivity index (χ0n) is 7.84. The van der Waals surface area contributed by atoms with Crippen LogP contribution in [0, 0.1) is 17.0 Å². The Morgan fingerprint density at radius 1 is 1.44 bits per heavy atom. The van der Waals surface area contributed by atoms with Gasteiger partial charge in [-0.15, -0.1) is 0 Å². The molecule has 0 radical (unpaired) electrons. The summed E-state index contributed by atoms with van der Waals surface area (Å²) in [5, 5.41) is 10.4. The van der Waals surface area contributed by atoms with Crippen molar-refractivity contribution in [2.45, 2.75) is 17.3 Å². The number of hydrogen-bond acceptors (Lipinski definition) is 3. The van der Waals surface area contributed by atoms with E-state index in [4.69, 9.17) is 11.6 Å². The highest BCUT2D eigenvalue weighted by atomic mass is 35.5. The molecule has 8 heteroatoms. The molecule has 0 heterocycles. The molecule has 1 aromatic rings. The molecule has 0 N–H and O–H groups in total. The highest BCUT2D eigenvalue weighted by Gasteiger charge is 2.34. The SMILES string of the molecule is Cc1ccc(SC(F)(F)F)c([N+](=O)[O-])c1Cl. The van der Waals surface area contributed by atoms with E-state index in [0.29, 0.717) is 5.56 Å². The molecule has 0 saturated heterocycles. The summed E-state index contributed by atoms with van der Waals surface area (Å²) < 4.78 is 36.3. The van der Waals surface area contributed by atoms with Gasteiger partial charge in [-0.25, -0.2) is 0 Å². The molecule has 0 aliphatic carbocycles. The molecular formula is C8H5ClF3NO2S. The lowest BCUT2D eigenvalue weighted by atomic mass is 10.2. The van der Waals surface area contributed by atoms with Crippen molar-refractivity contribution in [3.05, 3.63) is 32.8 Å². The first-order chi connectivity index (χ1) is 7.22. The number of nitro groups is 1. The molecule has 3 nitrogen and oxygen atoms in total. The molecule has 0 fully saturated rings. The van der Waals surface area contributed by atoms with E-state index >= 15 is 0 Å².